The highest BCUT2D eigenvalue weighted by Crippen LogP contribution is 2.34. The normalized spacial score (nSPS) is 10.8. The molecule has 2 heterocycles. The van der Waals surface area contributed by atoms with E-state index in [1.54, 1.807) is 23.5 Å². The van der Waals surface area contributed by atoms with Crippen molar-refractivity contribution in [1.29, 1.82) is 0 Å². The minimum atomic E-state index is -0.320. The molecule has 0 fully saturated rings. The molecule has 0 bridgehead atoms. The Labute approximate surface area is 182 Å². The Bertz CT molecular complexity index is 1310. The van der Waals surface area contributed by atoms with E-state index in [9.17, 15) is 4.79 Å². The van der Waals surface area contributed by atoms with E-state index < -0.39 is 0 Å². The molecule has 5 rings (SSSR count). The van der Waals surface area contributed by atoms with Gasteiger partial charge in [-0.15, -0.1) is 11.3 Å². The SMILES string of the molecule is O=C(Nc1ccccc1-c1nc2ccccc2s1)c1ccc(COc2ccccc2)o1. The van der Waals surface area contributed by atoms with E-state index in [2.05, 4.69) is 5.32 Å². The van der Waals surface area contributed by atoms with E-state index in [4.69, 9.17) is 14.1 Å². The van der Waals surface area contributed by atoms with Crippen LogP contribution in [0.25, 0.3) is 20.8 Å². The monoisotopic (exact) mass is 426 g/mol. The quantitative estimate of drug-likeness (QED) is 0.342. The highest BCUT2D eigenvalue weighted by molar-refractivity contribution is 7.21. The second kappa shape index (κ2) is 8.45. The Morgan fingerprint density at radius 2 is 1.68 bits per heavy atom. The summed E-state index contributed by atoms with van der Waals surface area (Å²) >= 11 is 1.59. The van der Waals surface area contributed by atoms with Crippen molar-refractivity contribution >= 4 is 33.1 Å². The number of benzene rings is 3. The van der Waals surface area contributed by atoms with Gasteiger partial charge in [0, 0.05) is 5.56 Å². The summed E-state index contributed by atoms with van der Waals surface area (Å²) in [6.45, 7) is 0.250. The van der Waals surface area contributed by atoms with Crippen molar-refractivity contribution in [3.8, 4) is 16.3 Å². The molecule has 0 saturated heterocycles. The van der Waals surface area contributed by atoms with Gasteiger partial charge >= 0.3 is 0 Å². The smallest absolute Gasteiger partial charge is 0.291 e. The van der Waals surface area contributed by atoms with Crippen LogP contribution in [0.1, 0.15) is 16.3 Å². The van der Waals surface area contributed by atoms with Gasteiger partial charge in [-0.3, -0.25) is 4.79 Å². The molecular formula is C25H18N2O3S. The van der Waals surface area contributed by atoms with Gasteiger partial charge < -0.3 is 14.5 Å². The molecule has 0 spiro atoms. The number of carbonyl (C=O) groups is 1. The molecule has 1 N–H and O–H groups in total. The number of amides is 1. The molecule has 1 amide bonds. The van der Waals surface area contributed by atoms with Crippen LogP contribution in [-0.4, -0.2) is 10.9 Å². The van der Waals surface area contributed by atoms with Crippen LogP contribution in [0.15, 0.2) is 95.4 Å². The van der Waals surface area contributed by atoms with Gasteiger partial charge in [-0.05, 0) is 48.5 Å². The highest BCUT2D eigenvalue weighted by atomic mass is 32.1. The molecule has 0 radical (unpaired) electrons. The maximum Gasteiger partial charge on any atom is 0.291 e. The predicted octanol–water partition coefficient (Wildman–Crippen LogP) is 6.39. The maximum atomic E-state index is 12.8. The molecule has 0 atom stereocenters. The van der Waals surface area contributed by atoms with Crippen molar-refractivity contribution in [2.75, 3.05) is 5.32 Å². The molecule has 0 aliphatic heterocycles. The number of anilines is 1. The lowest BCUT2D eigenvalue weighted by Crippen LogP contribution is -2.11. The van der Waals surface area contributed by atoms with E-state index >= 15 is 0 Å². The average Bonchev–Trinajstić information content (AvgIpc) is 3.46. The Morgan fingerprint density at radius 3 is 2.55 bits per heavy atom. The standard InChI is InChI=1S/C25H18N2O3S/c28-24(22-15-14-18(30-22)16-29-17-8-2-1-3-9-17)26-20-11-5-4-10-19(20)25-27-21-12-6-7-13-23(21)31-25/h1-15H,16H2,(H,26,28). The van der Waals surface area contributed by atoms with Crippen molar-refractivity contribution in [2.45, 2.75) is 6.61 Å². The van der Waals surface area contributed by atoms with Crippen LogP contribution in [0.5, 0.6) is 5.75 Å². The Hall–Kier alpha value is -3.90. The fraction of sp³-hybridized carbons (Fsp3) is 0.0400. The zero-order valence-corrected chi connectivity index (χ0v) is 17.3. The van der Waals surface area contributed by atoms with Crippen molar-refractivity contribution < 1.29 is 13.9 Å². The van der Waals surface area contributed by atoms with E-state index in [0.29, 0.717) is 11.4 Å². The van der Waals surface area contributed by atoms with Crippen molar-refractivity contribution in [1.82, 2.24) is 4.98 Å². The number of thiazole rings is 1. The van der Waals surface area contributed by atoms with Crippen molar-refractivity contribution in [3.05, 3.63) is 103 Å². The highest BCUT2D eigenvalue weighted by Gasteiger charge is 2.16. The number of fused-ring (bicyclic) bond motifs is 1. The van der Waals surface area contributed by atoms with Crippen LogP contribution >= 0.6 is 11.3 Å². The summed E-state index contributed by atoms with van der Waals surface area (Å²) in [5, 5.41) is 3.81. The second-order valence-electron chi connectivity index (χ2n) is 6.85. The largest absolute Gasteiger partial charge is 0.486 e. The van der Waals surface area contributed by atoms with Crippen molar-refractivity contribution in [2.24, 2.45) is 0 Å². The van der Waals surface area contributed by atoms with Crippen molar-refractivity contribution in [3.63, 3.8) is 0 Å². The average molecular weight is 426 g/mol. The first-order chi connectivity index (χ1) is 15.3. The summed E-state index contributed by atoms with van der Waals surface area (Å²) in [4.78, 5) is 17.5. The number of furan rings is 1. The molecule has 5 aromatic rings. The number of rotatable bonds is 6. The Kier molecular flexibility index (Phi) is 5.21. The van der Waals surface area contributed by atoms with Crippen LogP contribution in [0.4, 0.5) is 5.69 Å². The molecular weight excluding hydrogens is 408 g/mol. The molecule has 0 aliphatic rings. The number of carbonyl (C=O) groups excluding carboxylic acids is 1. The molecule has 31 heavy (non-hydrogen) atoms. The third-order valence-electron chi connectivity index (χ3n) is 4.71. The lowest BCUT2D eigenvalue weighted by molar-refractivity contribution is 0.0992. The number of aromatic nitrogens is 1. The molecule has 0 unspecified atom stereocenters. The van der Waals surface area contributed by atoms with Crippen LogP contribution in [0.3, 0.4) is 0 Å². The van der Waals surface area contributed by atoms with Gasteiger partial charge in [0.2, 0.25) is 0 Å². The van der Waals surface area contributed by atoms with Gasteiger partial charge in [-0.1, -0.05) is 42.5 Å². The Morgan fingerprint density at radius 1 is 0.903 bits per heavy atom. The minimum Gasteiger partial charge on any atom is -0.486 e. The third kappa shape index (κ3) is 4.20. The summed E-state index contributed by atoms with van der Waals surface area (Å²) in [5.74, 6) is 1.23. The zero-order chi connectivity index (χ0) is 21.0. The second-order valence-corrected chi connectivity index (χ2v) is 7.88. The summed E-state index contributed by atoms with van der Waals surface area (Å²) in [5.41, 5.74) is 2.50. The molecule has 0 saturated carbocycles. The van der Waals surface area contributed by atoms with Crippen LogP contribution in [-0.2, 0) is 6.61 Å². The topological polar surface area (TPSA) is 64.4 Å². The van der Waals surface area contributed by atoms with Gasteiger partial charge in [0.25, 0.3) is 5.91 Å². The van der Waals surface area contributed by atoms with Crippen LogP contribution in [0.2, 0.25) is 0 Å². The number of para-hydroxylation sites is 3. The maximum absolute atomic E-state index is 12.8. The first-order valence-corrected chi connectivity index (χ1v) is 10.6. The number of nitrogens with one attached hydrogen (secondary N) is 1. The zero-order valence-electron chi connectivity index (χ0n) is 16.4. The fourth-order valence-corrected chi connectivity index (χ4v) is 4.20. The van der Waals surface area contributed by atoms with Crippen LogP contribution in [0, 0.1) is 0 Å². The molecule has 152 valence electrons. The Balaban J connectivity index is 1.33. The summed E-state index contributed by atoms with van der Waals surface area (Å²) in [7, 11) is 0. The van der Waals surface area contributed by atoms with Gasteiger partial charge in [0.05, 0.1) is 15.9 Å². The molecule has 0 aliphatic carbocycles. The number of hydrogen-bond acceptors (Lipinski definition) is 5. The molecule has 2 aromatic heterocycles. The first kappa shape index (κ1) is 19.1. The lowest BCUT2D eigenvalue weighted by Gasteiger charge is -2.08. The van der Waals surface area contributed by atoms with Gasteiger partial charge in [-0.25, -0.2) is 4.98 Å². The summed E-state index contributed by atoms with van der Waals surface area (Å²) < 4.78 is 12.5. The van der Waals surface area contributed by atoms with Gasteiger partial charge in [-0.2, -0.15) is 0 Å². The predicted molar refractivity (Wildman–Crippen MR) is 122 cm³/mol. The molecule has 5 nitrogen and oxygen atoms in total. The lowest BCUT2D eigenvalue weighted by atomic mass is 10.2. The third-order valence-corrected chi connectivity index (χ3v) is 5.78. The fourth-order valence-electron chi connectivity index (χ4n) is 3.20. The van der Waals surface area contributed by atoms with Crippen LogP contribution < -0.4 is 10.1 Å². The van der Waals surface area contributed by atoms with Gasteiger partial charge in [0.1, 0.15) is 23.1 Å². The number of ether oxygens (including phenoxy) is 1. The first-order valence-electron chi connectivity index (χ1n) is 9.79. The molecule has 6 heteroatoms. The van der Waals surface area contributed by atoms with E-state index in [1.165, 1.54) is 0 Å². The number of hydrogen-bond donors (Lipinski definition) is 1. The van der Waals surface area contributed by atoms with E-state index in [0.717, 1.165) is 26.5 Å². The number of nitrogens with zero attached hydrogens (tertiary/aromatic N) is 1. The van der Waals surface area contributed by atoms with E-state index in [-0.39, 0.29) is 18.3 Å². The summed E-state index contributed by atoms with van der Waals surface area (Å²) in [6, 6.07) is 28.5. The molecule has 3 aromatic carbocycles. The minimum absolute atomic E-state index is 0.228. The van der Waals surface area contributed by atoms with Gasteiger partial charge in [0.15, 0.2) is 5.76 Å². The van der Waals surface area contributed by atoms with E-state index in [1.807, 2.05) is 78.9 Å². The summed E-state index contributed by atoms with van der Waals surface area (Å²) in [6.07, 6.45) is 0.